The number of β-amino-alcohol motifs (C(OH)–C–C–N with tert-alkyl or cyclic N) is 1. The Hall–Kier alpha value is -2.41. The second-order valence-electron chi connectivity index (χ2n) is 6.36. The van der Waals surface area contributed by atoms with Crippen LogP contribution in [0.2, 0.25) is 0 Å². The number of anilines is 1. The number of piperidine rings is 1. The SMILES string of the molecule is CC(C)c1noc(-c2ccc(NC(=O)N3CCC[C@@H](O)C3)cc2)n1. The van der Waals surface area contributed by atoms with Crippen molar-refractivity contribution < 1.29 is 14.4 Å². The molecule has 2 N–H and O–H groups in total. The van der Waals surface area contributed by atoms with Gasteiger partial charge in [0.15, 0.2) is 5.82 Å². The molecule has 3 rings (SSSR count). The molecule has 0 bridgehead atoms. The molecule has 1 aromatic carbocycles. The van der Waals surface area contributed by atoms with E-state index in [1.807, 2.05) is 26.0 Å². The van der Waals surface area contributed by atoms with Crippen LogP contribution in [-0.2, 0) is 0 Å². The number of aliphatic hydroxyl groups is 1. The predicted octanol–water partition coefficient (Wildman–Crippen LogP) is 2.85. The molecule has 1 aliphatic rings. The van der Waals surface area contributed by atoms with Crippen molar-refractivity contribution in [3.05, 3.63) is 30.1 Å². The normalized spacial score (nSPS) is 18.0. The van der Waals surface area contributed by atoms with Crippen LogP contribution in [0.25, 0.3) is 11.5 Å². The second-order valence-corrected chi connectivity index (χ2v) is 6.36. The average molecular weight is 330 g/mol. The van der Waals surface area contributed by atoms with E-state index in [1.165, 1.54) is 0 Å². The highest BCUT2D eigenvalue weighted by molar-refractivity contribution is 5.89. The molecule has 0 saturated carbocycles. The van der Waals surface area contributed by atoms with Crippen LogP contribution in [0.3, 0.4) is 0 Å². The first-order chi connectivity index (χ1) is 11.5. The Morgan fingerprint density at radius 1 is 1.38 bits per heavy atom. The minimum atomic E-state index is -0.431. The molecule has 0 unspecified atom stereocenters. The van der Waals surface area contributed by atoms with Crippen molar-refractivity contribution in [3.8, 4) is 11.5 Å². The van der Waals surface area contributed by atoms with Crippen LogP contribution in [0.5, 0.6) is 0 Å². The Morgan fingerprint density at radius 3 is 2.75 bits per heavy atom. The number of nitrogens with one attached hydrogen (secondary N) is 1. The Kier molecular flexibility index (Phi) is 4.80. The molecule has 2 amide bonds. The molecule has 1 aromatic heterocycles. The standard InChI is InChI=1S/C17H22N4O3/c1-11(2)15-19-16(24-20-15)12-5-7-13(8-6-12)18-17(23)21-9-3-4-14(22)10-21/h5-8,11,14,22H,3-4,9-10H2,1-2H3,(H,18,23)/t14-/m1/s1. The summed E-state index contributed by atoms with van der Waals surface area (Å²) in [5, 5.41) is 16.4. The molecule has 1 fully saturated rings. The number of hydrogen-bond donors (Lipinski definition) is 2. The number of aromatic nitrogens is 2. The van der Waals surface area contributed by atoms with Crippen LogP contribution in [0.15, 0.2) is 28.8 Å². The molecule has 2 heterocycles. The van der Waals surface area contributed by atoms with E-state index in [4.69, 9.17) is 4.52 Å². The monoisotopic (exact) mass is 330 g/mol. The van der Waals surface area contributed by atoms with Gasteiger partial charge in [0.05, 0.1) is 6.10 Å². The molecule has 24 heavy (non-hydrogen) atoms. The summed E-state index contributed by atoms with van der Waals surface area (Å²) in [6, 6.07) is 7.07. The first kappa shape index (κ1) is 16.4. The fourth-order valence-electron chi connectivity index (χ4n) is 2.62. The van der Waals surface area contributed by atoms with E-state index in [0.29, 0.717) is 30.5 Å². The number of benzene rings is 1. The summed E-state index contributed by atoms with van der Waals surface area (Å²) in [5.41, 5.74) is 1.49. The van der Waals surface area contributed by atoms with Gasteiger partial charge in [0.25, 0.3) is 5.89 Å². The molecular weight excluding hydrogens is 308 g/mol. The Balaban J connectivity index is 1.64. The van der Waals surface area contributed by atoms with Crippen molar-refractivity contribution in [1.82, 2.24) is 15.0 Å². The van der Waals surface area contributed by atoms with Gasteiger partial charge >= 0.3 is 6.03 Å². The van der Waals surface area contributed by atoms with E-state index < -0.39 is 6.10 Å². The third-order valence-electron chi connectivity index (χ3n) is 4.02. The van der Waals surface area contributed by atoms with Gasteiger partial charge in [-0.05, 0) is 37.1 Å². The zero-order chi connectivity index (χ0) is 17.1. The zero-order valence-corrected chi connectivity index (χ0v) is 13.9. The fraction of sp³-hybridized carbons (Fsp3) is 0.471. The Labute approximate surface area is 140 Å². The van der Waals surface area contributed by atoms with E-state index in [0.717, 1.165) is 18.4 Å². The summed E-state index contributed by atoms with van der Waals surface area (Å²) in [7, 11) is 0. The Morgan fingerprint density at radius 2 is 2.12 bits per heavy atom. The van der Waals surface area contributed by atoms with Crippen LogP contribution >= 0.6 is 0 Å². The summed E-state index contributed by atoms with van der Waals surface area (Å²) in [6.45, 7) is 5.06. The molecule has 128 valence electrons. The van der Waals surface area contributed by atoms with E-state index >= 15 is 0 Å². The van der Waals surface area contributed by atoms with Gasteiger partial charge in [-0.15, -0.1) is 0 Å². The molecule has 0 spiro atoms. The van der Waals surface area contributed by atoms with Crippen LogP contribution < -0.4 is 5.32 Å². The molecule has 1 saturated heterocycles. The number of hydrogen-bond acceptors (Lipinski definition) is 5. The number of rotatable bonds is 3. The van der Waals surface area contributed by atoms with Gasteiger partial charge in [0, 0.05) is 30.3 Å². The van der Waals surface area contributed by atoms with Crippen molar-refractivity contribution in [1.29, 1.82) is 0 Å². The van der Waals surface area contributed by atoms with Crippen LogP contribution in [0.1, 0.15) is 38.4 Å². The maximum atomic E-state index is 12.2. The highest BCUT2D eigenvalue weighted by Crippen LogP contribution is 2.22. The van der Waals surface area contributed by atoms with Crippen molar-refractivity contribution >= 4 is 11.7 Å². The van der Waals surface area contributed by atoms with Crippen molar-refractivity contribution in [2.45, 2.75) is 38.7 Å². The number of likely N-dealkylation sites (tertiary alicyclic amines) is 1. The number of urea groups is 1. The van der Waals surface area contributed by atoms with Crippen LogP contribution in [0, 0.1) is 0 Å². The molecule has 1 aliphatic heterocycles. The number of carbonyl (C=O) groups is 1. The zero-order valence-electron chi connectivity index (χ0n) is 13.9. The maximum absolute atomic E-state index is 12.2. The summed E-state index contributed by atoms with van der Waals surface area (Å²) in [4.78, 5) is 18.2. The van der Waals surface area contributed by atoms with Gasteiger partial charge in [0.2, 0.25) is 0 Å². The lowest BCUT2D eigenvalue weighted by molar-refractivity contribution is 0.0883. The van der Waals surface area contributed by atoms with Crippen LogP contribution in [-0.4, -0.2) is 45.4 Å². The molecule has 7 heteroatoms. The third-order valence-corrected chi connectivity index (χ3v) is 4.02. The lowest BCUT2D eigenvalue weighted by atomic mass is 10.1. The number of carbonyl (C=O) groups excluding carboxylic acids is 1. The van der Waals surface area contributed by atoms with E-state index in [9.17, 15) is 9.90 Å². The Bertz CT molecular complexity index is 696. The second kappa shape index (κ2) is 7.00. The smallest absolute Gasteiger partial charge is 0.321 e. The predicted molar refractivity (Wildman–Crippen MR) is 89.7 cm³/mol. The average Bonchev–Trinajstić information content (AvgIpc) is 3.06. The quantitative estimate of drug-likeness (QED) is 0.903. The molecule has 0 radical (unpaired) electrons. The number of nitrogens with zero attached hydrogens (tertiary/aromatic N) is 3. The van der Waals surface area contributed by atoms with Crippen molar-refractivity contribution in [3.63, 3.8) is 0 Å². The maximum Gasteiger partial charge on any atom is 0.321 e. The summed E-state index contributed by atoms with van der Waals surface area (Å²) < 4.78 is 5.26. The van der Waals surface area contributed by atoms with Gasteiger partial charge < -0.3 is 19.8 Å². The van der Waals surface area contributed by atoms with Crippen LogP contribution in [0.4, 0.5) is 10.5 Å². The molecule has 2 aromatic rings. The van der Waals surface area contributed by atoms with Gasteiger partial charge in [-0.1, -0.05) is 19.0 Å². The first-order valence-corrected chi connectivity index (χ1v) is 8.21. The van der Waals surface area contributed by atoms with E-state index in [2.05, 4.69) is 15.5 Å². The van der Waals surface area contributed by atoms with E-state index in [-0.39, 0.29) is 11.9 Å². The molecular formula is C17H22N4O3. The van der Waals surface area contributed by atoms with Gasteiger partial charge in [0.1, 0.15) is 0 Å². The lowest BCUT2D eigenvalue weighted by Gasteiger charge is -2.30. The highest BCUT2D eigenvalue weighted by Gasteiger charge is 2.22. The fourth-order valence-corrected chi connectivity index (χ4v) is 2.62. The van der Waals surface area contributed by atoms with Crippen molar-refractivity contribution in [2.24, 2.45) is 0 Å². The van der Waals surface area contributed by atoms with Gasteiger partial charge in [-0.2, -0.15) is 4.98 Å². The lowest BCUT2D eigenvalue weighted by Crippen LogP contribution is -2.44. The number of amides is 2. The van der Waals surface area contributed by atoms with Gasteiger partial charge in [-0.25, -0.2) is 4.79 Å². The van der Waals surface area contributed by atoms with E-state index in [1.54, 1.807) is 17.0 Å². The molecule has 7 nitrogen and oxygen atoms in total. The summed E-state index contributed by atoms with van der Waals surface area (Å²) in [6.07, 6.45) is 1.14. The largest absolute Gasteiger partial charge is 0.391 e. The van der Waals surface area contributed by atoms with Crippen molar-refractivity contribution in [2.75, 3.05) is 18.4 Å². The molecule has 0 aliphatic carbocycles. The highest BCUT2D eigenvalue weighted by atomic mass is 16.5. The minimum Gasteiger partial charge on any atom is -0.391 e. The topological polar surface area (TPSA) is 91.5 Å². The minimum absolute atomic E-state index is 0.193. The van der Waals surface area contributed by atoms with Gasteiger partial charge in [-0.3, -0.25) is 0 Å². The summed E-state index contributed by atoms with van der Waals surface area (Å²) >= 11 is 0. The number of aliphatic hydroxyl groups excluding tert-OH is 1. The third kappa shape index (κ3) is 3.73. The summed E-state index contributed by atoms with van der Waals surface area (Å²) in [5.74, 6) is 1.35. The molecule has 1 atom stereocenters. The first-order valence-electron chi connectivity index (χ1n) is 8.21.